The van der Waals surface area contributed by atoms with Gasteiger partial charge in [-0.25, -0.2) is 9.82 Å². The third-order valence-corrected chi connectivity index (χ3v) is 3.57. The quantitative estimate of drug-likeness (QED) is 0.461. The average Bonchev–Trinajstić information content (AvgIpc) is 3.01. The average molecular weight is 323 g/mol. The van der Waals surface area contributed by atoms with Gasteiger partial charge in [-0.3, -0.25) is 20.5 Å². The molecule has 2 heterocycles. The number of amides is 1. The Morgan fingerprint density at radius 2 is 2.17 bits per heavy atom. The van der Waals surface area contributed by atoms with E-state index in [0.29, 0.717) is 18.3 Å². The third-order valence-electron chi connectivity index (χ3n) is 3.57. The van der Waals surface area contributed by atoms with Gasteiger partial charge in [0.25, 0.3) is 0 Å². The standard InChI is InChI=1S/C14H18FN5O3/c15-8-1-3-10(4-2-8)23-7-9(21)5-16-14-18-12-11(6-17-20-12)13(22)19-14/h1-4,9,11-12,17,20-21H,5-7H2,(H2,16,18,19,22). The van der Waals surface area contributed by atoms with Crippen LogP contribution in [0.2, 0.25) is 0 Å². The second kappa shape index (κ2) is 6.90. The number of guanidine groups is 1. The summed E-state index contributed by atoms with van der Waals surface area (Å²) < 4.78 is 18.1. The molecule has 0 bridgehead atoms. The van der Waals surface area contributed by atoms with Crippen LogP contribution in [0.15, 0.2) is 29.3 Å². The van der Waals surface area contributed by atoms with Crippen LogP contribution in [0.5, 0.6) is 5.75 Å². The number of aliphatic imine (C=N–C) groups is 1. The van der Waals surface area contributed by atoms with E-state index in [-0.39, 0.29) is 37.0 Å². The SMILES string of the molecule is O=C1NC(=NCC(O)COc2ccc(F)cc2)NC2NNCC12. The van der Waals surface area contributed by atoms with Gasteiger partial charge in [0.05, 0.1) is 12.5 Å². The van der Waals surface area contributed by atoms with E-state index >= 15 is 0 Å². The Kier molecular flexibility index (Phi) is 4.70. The molecule has 0 saturated carbocycles. The Morgan fingerprint density at radius 3 is 2.96 bits per heavy atom. The fraction of sp³-hybridized carbons (Fsp3) is 0.429. The van der Waals surface area contributed by atoms with Crippen LogP contribution in [-0.4, -0.2) is 48.9 Å². The van der Waals surface area contributed by atoms with E-state index in [4.69, 9.17) is 4.74 Å². The number of rotatable bonds is 5. The summed E-state index contributed by atoms with van der Waals surface area (Å²) in [5.74, 6) is 0.110. The number of hydrogen-bond acceptors (Lipinski definition) is 6. The van der Waals surface area contributed by atoms with Gasteiger partial charge in [0.1, 0.15) is 30.4 Å². The van der Waals surface area contributed by atoms with Crippen molar-refractivity contribution in [2.45, 2.75) is 12.3 Å². The Hall–Kier alpha value is -2.23. The number of carbonyl (C=O) groups excluding carboxylic acids is 1. The van der Waals surface area contributed by atoms with Crippen molar-refractivity contribution >= 4 is 11.9 Å². The lowest BCUT2D eigenvalue weighted by atomic mass is 10.1. The summed E-state index contributed by atoms with van der Waals surface area (Å²) >= 11 is 0. The first kappa shape index (κ1) is 15.7. The minimum atomic E-state index is -0.848. The topological polar surface area (TPSA) is 107 Å². The molecule has 5 N–H and O–H groups in total. The lowest BCUT2D eigenvalue weighted by Crippen LogP contribution is -2.61. The zero-order chi connectivity index (χ0) is 16.2. The Labute approximate surface area is 132 Å². The zero-order valence-electron chi connectivity index (χ0n) is 12.3. The lowest BCUT2D eigenvalue weighted by Gasteiger charge is -2.27. The molecule has 2 fully saturated rings. The molecule has 0 aromatic heterocycles. The summed E-state index contributed by atoms with van der Waals surface area (Å²) in [7, 11) is 0. The highest BCUT2D eigenvalue weighted by Crippen LogP contribution is 2.11. The second-order valence-corrected chi connectivity index (χ2v) is 5.35. The van der Waals surface area contributed by atoms with Gasteiger partial charge in [0.2, 0.25) is 5.91 Å². The van der Waals surface area contributed by atoms with Gasteiger partial charge >= 0.3 is 0 Å². The predicted octanol–water partition coefficient (Wildman–Crippen LogP) is -1.31. The monoisotopic (exact) mass is 323 g/mol. The second-order valence-electron chi connectivity index (χ2n) is 5.35. The first-order valence-corrected chi connectivity index (χ1v) is 7.28. The molecule has 0 spiro atoms. The van der Waals surface area contributed by atoms with Gasteiger partial charge in [-0.2, -0.15) is 0 Å². The molecule has 0 aliphatic carbocycles. The van der Waals surface area contributed by atoms with Crippen LogP contribution in [0, 0.1) is 11.7 Å². The molecule has 2 saturated heterocycles. The van der Waals surface area contributed by atoms with Gasteiger partial charge in [0.15, 0.2) is 5.96 Å². The van der Waals surface area contributed by atoms with Crippen LogP contribution in [-0.2, 0) is 4.79 Å². The first-order valence-electron chi connectivity index (χ1n) is 7.28. The van der Waals surface area contributed by atoms with Crippen molar-refractivity contribution in [1.29, 1.82) is 0 Å². The number of hydrogen-bond donors (Lipinski definition) is 5. The summed E-state index contributed by atoms with van der Waals surface area (Å²) in [4.78, 5) is 16.0. The van der Waals surface area contributed by atoms with Crippen LogP contribution in [0.1, 0.15) is 0 Å². The number of carbonyl (C=O) groups is 1. The molecule has 1 aromatic carbocycles. The third kappa shape index (κ3) is 3.95. The molecule has 9 heteroatoms. The van der Waals surface area contributed by atoms with Crippen molar-refractivity contribution in [2.75, 3.05) is 19.7 Å². The van der Waals surface area contributed by atoms with E-state index < -0.39 is 6.10 Å². The number of nitrogens with one attached hydrogen (secondary N) is 4. The van der Waals surface area contributed by atoms with E-state index in [1.54, 1.807) is 0 Å². The van der Waals surface area contributed by atoms with E-state index in [1.807, 2.05) is 0 Å². The highest BCUT2D eigenvalue weighted by molar-refractivity contribution is 6.01. The first-order chi connectivity index (χ1) is 11.1. The van der Waals surface area contributed by atoms with Crippen molar-refractivity contribution in [3.8, 4) is 5.75 Å². The zero-order valence-corrected chi connectivity index (χ0v) is 12.3. The summed E-state index contributed by atoms with van der Waals surface area (Å²) in [6.07, 6.45) is -1.06. The smallest absolute Gasteiger partial charge is 0.234 e. The Morgan fingerprint density at radius 1 is 1.39 bits per heavy atom. The highest BCUT2D eigenvalue weighted by Gasteiger charge is 2.37. The van der Waals surface area contributed by atoms with Gasteiger partial charge in [0, 0.05) is 6.54 Å². The minimum absolute atomic E-state index is 0.0161. The number of nitrogens with zero attached hydrogens (tertiary/aromatic N) is 1. The number of ether oxygens (including phenoxy) is 1. The molecule has 1 amide bonds. The van der Waals surface area contributed by atoms with Crippen LogP contribution >= 0.6 is 0 Å². The van der Waals surface area contributed by atoms with E-state index in [1.165, 1.54) is 24.3 Å². The maximum atomic E-state index is 12.8. The maximum absolute atomic E-state index is 12.8. The van der Waals surface area contributed by atoms with E-state index in [9.17, 15) is 14.3 Å². The normalized spacial score (nSPS) is 26.3. The summed E-state index contributed by atoms with van der Waals surface area (Å²) in [6.45, 7) is 0.627. The molecule has 2 aliphatic rings. The lowest BCUT2D eigenvalue weighted by molar-refractivity contribution is -0.124. The number of aliphatic hydroxyl groups is 1. The van der Waals surface area contributed by atoms with Crippen LogP contribution in [0.4, 0.5) is 4.39 Å². The molecule has 1 aromatic rings. The summed E-state index contributed by atoms with van der Waals surface area (Å²) in [5, 5.41) is 15.6. The van der Waals surface area contributed by atoms with Gasteiger partial charge < -0.3 is 15.2 Å². The number of benzene rings is 1. The van der Waals surface area contributed by atoms with E-state index in [0.717, 1.165) is 0 Å². The fourth-order valence-electron chi connectivity index (χ4n) is 2.33. The van der Waals surface area contributed by atoms with Crippen molar-refractivity contribution in [3.05, 3.63) is 30.1 Å². The Bertz CT molecular complexity index is 595. The number of aliphatic hydroxyl groups excluding tert-OH is 1. The van der Waals surface area contributed by atoms with Crippen LogP contribution in [0.25, 0.3) is 0 Å². The van der Waals surface area contributed by atoms with Crippen molar-refractivity contribution in [1.82, 2.24) is 21.5 Å². The number of hydrazine groups is 1. The largest absolute Gasteiger partial charge is 0.491 e. The maximum Gasteiger partial charge on any atom is 0.234 e. The molecule has 2 aliphatic heterocycles. The molecular formula is C14H18FN5O3. The van der Waals surface area contributed by atoms with Gasteiger partial charge in [-0.15, -0.1) is 0 Å². The van der Waals surface area contributed by atoms with Crippen LogP contribution < -0.4 is 26.2 Å². The van der Waals surface area contributed by atoms with Crippen molar-refractivity contribution < 1.29 is 19.0 Å². The number of halogens is 1. The molecule has 3 rings (SSSR count). The summed E-state index contributed by atoms with van der Waals surface area (Å²) in [6, 6.07) is 5.52. The number of fused-ring (bicyclic) bond motifs is 1. The van der Waals surface area contributed by atoms with Gasteiger partial charge in [-0.05, 0) is 24.3 Å². The summed E-state index contributed by atoms with van der Waals surface area (Å²) in [5.41, 5.74) is 5.84. The van der Waals surface area contributed by atoms with Gasteiger partial charge in [-0.1, -0.05) is 0 Å². The van der Waals surface area contributed by atoms with Crippen LogP contribution in [0.3, 0.4) is 0 Å². The molecule has 3 atom stereocenters. The highest BCUT2D eigenvalue weighted by atomic mass is 19.1. The fourth-order valence-corrected chi connectivity index (χ4v) is 2.33. The van der Waals surface area contributed by atoms with E-state index in [2.05, 4.69) is 26.5 Å². The molecular weight excluding hydrogens is 305 g/mol. The molecule has 0 radical (unpaired) electrons. The minimum Gasteiger partial charge on any atom is -0.491 e. The molecule has 23 heavy (non-hydrogen) atoms. The molecule has 124 valence electrons. The molecule has 3 unspecified atom stereocenters. The van der Waals surface area contributed by atoms with Crippen molar-refractivity contribution in [2.24, 2.45) is 10.9 Å². The van der Waals surface area contributed by atoms with Crippen molar-refractivity contribution in [3.63, 3.8) is 0 Å². The predicted molar refractivity (Wildman–Crippen MR) is 79.9 cm³/mol. The Balaban J connectivity index is 1.47. The molecule has 8 nitrogen and oxygen atoms in total.